The molecule has 0 spiro atoms. The van der Waals surface area contributed by atoms with Crippen molar-refractivity contribution in [1.82, 2.24) is 15.1 Å². The van der Waals surface area contributed by atoms with Crippen LogP contribution >= 0.6 is 11.8 Å². The second-order valence-electron chi connectivity index (χ2n) is 6.47. The van der Waals surface area contributed by atoms with Gasteiger partial charge >= 0.3 is 0 Å². The Morgan fingerprint density at radius 1 is 1.42 bits per heavy atom. The van der Waals surface area contributed by atoms with Gasteiger partial charge < -0.3 is 5.73 Å². The van der Waals surface area contributed by atoms with E-state index >= 15 is 0 Å². The number of benzene rings is 1. The number of guanidine groups is 1. The summed E-state index contributed by atoms with van der Waals surface area (Å²) in [6.45, 7) is 1.95. The average Bonchev–Trinajstić information content (AvgIpc) is 3.20. The summed E-state index contributed by atoms with van der Waals surface area (Å²) in [5, 5.41) is 10.8. The van der Waals surface area contributed by atoms with Gasteiger partial charge in [-0.1, -0.05) is 6.07 Å². The summed E-state index contributed by atoms with van der Waals surface area (Å²) in [7, 11) is 1.66. The number of allylic oxidation sites excluding steroid dienone is 1. The lowest BCUT2D eigenvalue weighted by Crippen LogP contribution is -2.47. The summed E-state index contributed by atoms with van der Waals surface area (Å²) in [6.07, 6.45) is 1.34. The van der Waals surface area contributed by atoms with Gasteiger partial charge in [0.15, 0.2) is 5.96 Å². The number of carbonyl (C=O) groups is 1. The molecule has 2 aliphatic heterocycles. The molecular formula is C17H19N5OS. The lowest BCUT2D eigenvalue weighted by atomic mass is 9.86. The molecule has 0 aliphatic carbocycles. The van der Waals surface area contributed by atoms with E-state index in [1.54, 1.807) is 7.05 Å². The maximum Gasteiger partial charge on any atom is 0.231 e. The molecule has 3 N–H and O–H groups in total. The Morgan fingerprint density at radius 3 is 2.96 bits per heavy atom. The van der Waals surface area contributed by atoms with Gasteiger partial charge in [-0.3, -0.25) is 14.8 Å². The van der Waals surface area contributed by atoms with Crippen molar-refractivity contribution in [3.05, 3.63) is 34.9 Å². The van der Waals surface area contributed by atoms with Gasteiger partial charge in [0.05, 0.1) is 23.2 Å². The number of rotatable bonds is 2. The molecule has 2 aromatic rings. The first-order valence-electron chi connectivity index (χ1n) is 7.89. The van der Waals surface area contributed by atoms with Crippen LogP contribution in [0.1, 0.15) is 31.0 Å². The van der Waals surface area contributed by atoms with Crippen LogP contribution < -0.4 is 5.73 Å². The number of aromatic nitrogens is 2. The second kappa shape index (κ2) is 5.37. The van der Waals surface area contributed by atoms with Gasteiger partial charge in [-0.05, 0) is 42.0 Å². The summed E-state index contributed by atoms with van der Waals surface area (Å²) < 4.78 is 0. The van der Waals surface area contributed by atoms with Crippen molar-refractivity contribution in [2.75, 3.05) is 12.8 Å². The average molecular weight is 341 g/mol. The number of H-pyrrole nitrogens is 1. The van der Waals surface area contributed by atoms with Crippen LogP contribution in [-0.4, -0.2) is 39.8 Å². The number of aliphatic imine (C=N–C) groups is 1. The third kappa shape index (κ3) is 2.31. The number of fused-ring (bicyclic) bond motifs is 1. The topological polar surface area (TPSA) is 87.4 Å². The minimum atomic E-state index is -0.644. The van der Waals surface area contributed by atoms with Crippen molar-refractivity contribution in [2.45, 2.75) is 25.3 Å². The normalized spacial score (nSPS) is 24.4. The van der Waals surface area contributed by atoms with Crippen molar-refractivity contribution in [3.8, 4) is 0 Å². The monoisotopic (exact) mass is 341 g/mol. The number of hydrogen-bond acceptors (Lipinski definition) is 5. The molecule has 4 rings (SSSR count). The Morgan fingerprint density at radius 2 is 2.25 bits per heavy atom. The smallest absolute Gasteiger partial charge is 0.231 e. The molecule has 124 valence electrons. The summed E-state index contributed by atoms with van der Waals surface area (Å²) in [6, 6.07) is 6.09. The molecule has 7 heteroatoms. The number of nitrogens with two attached hydrogens (primary N) is 1. The van der Waals surface area contributed by atoms with Crippen LogP contribution in [0.15, 0.2) is 28.6 Å². The van der Waals surface area contributed by atoms with Crippen LogP contribution in [-0.2, 0) is 10.3 Å². The highest BCUT2D eigenvalue weighted by molar-refractivity contribution is 8.02. The van der Waals surface area contributed by atoms with Crippen LogP contribution in [0.25, 0.3) is 16.5 Å². The Labute approximate surface area is 144 Å². The number of carbonyl (C=O) groups excluding carboxylic acids is 1. The molecule has 0 saturated carbocycles. The predicted molar refractivity (Wildman–Crippen MR) is 97.5 cm³/mol. The number of aromatic amines is 1. The lowest BCUT2D eigenvalue weighted by molar-refractivity contribution is -0.128. The molecule has 2 aliphatic rings. The first-order chi connectivity index (χ1) is 11.5. The number of amides is 1. The van der Waals surface area contributed by atoms with Gasteiger partial charge in [0.25, 0.3) is 0 Å². The molecule has 1 aromatic carbocycles. The second-order valence-corrected chi connectivity index (χ2v) is 7.45. The van der Waals surface area contributed by atoms with Crippen molar-refractivity contribution in [2.24, 2.45) is 10.7 Å². The van der Waals surface area contributed by atoms with E-state index in [1.807, 2.05) is 30.8 Å². The molecule has 24 heavy (non-hydrogen) atoms. The SMILES string of the molecule is CN1C(=O)C[C@@](C)(c2ccc3[nH]nc(C4=CSCC4)c3c2)N=C1N. The summed E-state index contributed by atoms with van der Waals surface area (Å²) in [5.41, 5.74) is 9.51. The van der Waals surface area contributed by atoms with E-state index in [1.165, 1.54) is 10.5 Å². The molecule has 1 amide bonds. The molecule has 0 unspecified atom stereocenters. The third-order valence-electron chi connectivity index (χ3n) is 4.78. The quantitative estimate of drug-likeness (QED) is 0.878. The van der Waals surface area contributed by atoms with Crippen molar-refractivity contribution >= 4 is 40.1 Å². The minimum absolute atomic E-state index is 0.0209. The molecule has 1 atom stereocenters. The molecule has 6 nitrogen and oxygen atoms in total. The minimum Gasteiger partial charge on any atom is -0.369 e. The fourth-order valence-corrected chi connectivity index (χ4v) is 4.12. The van der Waals surface area contributed by atoms with E-state index in [2.05, 4.69) is 26.7 Å². The van der Waals surface area contributed by atoms with E-state index < -0.39 is 5.54 Å². The first-order valence-corrected chi connectivity index (χ1v) is 8.94. The van der Waals surface area contributed by atoms with Crippen LogP contribution in [0.5, 0.6) is 0 Å². The Bertz CT molecular complexity index is 900. The van der Waals surface area contributed by atoms with Gasteiger partial charge in [-0.2, -0.15) is 5.10 Å². The van der Waals surface area contributed by atoms with E-state index in [0.29, 0.717) is 6.42 Å². The van der Waals surface area contributed by atoms with Gasteiger partial charge in [0.1, 0.15) is 0 Å². The van der Waals surface area contributed by atoms with Crippen LogP contribution in [0.3, 0.4) is 0 Å². The zero-order chi connectivity index (χ0) is 16.9. The van der Waals surface area contributed by atoms with Crippen molar-refractivity contribution in [3.63, 3.8) is 0 Å². The zero-order valence-electron chi connectivity index (χ0n) is 13.7. The lowest BCUT2D eigenvalue weighted by Gasteiger charge is -2.33. The zero-order valence-corrected chi connectivity index (χ0v) is 14.5. The molecule has 3 heterocycles. The number of hydrogen-bond donors (Lipinski definition) is 2. The molecular weight excluding hydrogens is 322 g/mol. The standard InChI is InChI=1S/C17H19N5OS/c1-17(8-14(23)22(2)16(18)19-17)11-3-4-13-12(7-11)15(21-20-13)10-5-6-24-9-10/h3-4,7,9H,5-6,8H2,1-2H3,(H2,18,19)(H,20,21)/t17-/m0/s1. The van der Waals surface area contributed by atoms with E-state index in [4.69, 9.17) is 5.73 Å². The molecule has 0 bridgehead atoms. The Kier molecular flexibility index (Phi) is 3.42. The highest BCUT2D eigenvalue weighted by Gasteiger charge is 2.36. The van der Waals surface area contributed by atoms with E-state index in [0.717, 1.165) is 34.3 Å². The van der Waals surface area contributed by atoms with Gasteiger partial charge in [0.2, 0.25) is 5.91 Å². The summed E-state index contributed by atoms with van der Waals surface area (Å²) in [4.78, 5) is 18.2. The van der Waals surface area contributed by atoms with E-state index in [-0.39, 0.29) is 11.9 Å². The number of nitrogens with zero attached hydrogens (tertiary/aromatic N) is 3. The molecule has 0 fully saturated rings. The number of thioether (sulfide) groups is 1. The van der Waals surface area contributed by atoms with Gasteiger partial charge in [-0.25, -0.2) is 4.99 Å². The van der Waals surface area contributed by atoms with Crippen molar-refractivity contribution < 1.29 is 4.79 Å². The van der Waals surface area contributed by atoms with E-state index in [9.17, 15) is 4.79 Å². The Balaban J connectivity index is 1.83. The largest absolute Gasteiger partial charge is 0.369 e. The maximum absolute atomic E-state index is 12.2. The van der Waals surface area contributed by atoms with Crippen LogP contribution in [0, 0.1) is 0 Å². The first kappa shape index (κ1) is 15.3. The fraction of sp³-hybridized carbons (Fsp3) is 0.353. The summed E-state index contributed by atoms with van der Waals surface area (Å²) >= 11 is 1.82. The molecule has 0 radical (unpaired) electrons. The van der Waals surface area contributed by atoms with Gasteiger partial charge in [0, 0.05) is 18.2 Å². The fourth-order valence-electron chi connectivity index (χ4n) is 3.23. The van der Waals surface area contributed by atoms with Gasteiger partial charge in [-0.15, -0.1) is 11.8 Å². The molecule has 1 aromatic heterocycles. The third-order valence-corrected chi connectivity index (χ3v) is 5.67. The highest BCUT2D eigenvalue weighted by atomic mass is 32.2. The highest BCUT2D eigenvalue weighted by Crippen LogP contribution is 2.37. The number of nitrogens with one attached hydrogen (secondary N) is 1. The molecule has 0 saturated heterocycles. The summed E-state index contributed by atoms with van der Waals surface area (Å²) in [5.74, 6) is 1.34. The van der Waals surface area contributed by atoms with Crippen LogP contribution in [0.4, 0.5) is 0 Å². The predicted octanol–water partition coefficient (Wildman–Crippen LogP) is 2.43. The Hall–Kier alpha value is -2.28. The van der Waals surface area contributed by atoms with Crippen LogP contribution in [0.2, 0.25) is 0 Å². The van der Waals surface area contributed by atoms with Crippen molar-refractivity contribution in [1.29, 1.82) is 0 Å². The maximum atomic E-state index is 12.2.